The van der Waals surface area contributed by atoms with E-state index in [1.165, 1.54) is 12.8 Å². The molecular formula is C11H25N. The van der Waals surface area contributed by atoms with Crippen molar-refractivity contribution in [1.82, 2.24) is 5.32 Å². The van der Waals surface area contributed by atoms with Crippen LogP contribution >= 0.6 is 0 Å². The van der Waals surface area contributed by atoms with E-state index in [1.807, 2.05) is 0 Å². The summed E-state index contributed by atoms with van der Waals surface area (Å²) in [6, 6.07) is 0. The Hall–Kier alpha value is -0.0400. The fourth-order valence-corrected chi connectivity index (χ4v) is 1.62. The Morgan fingerprint density at radius 2 is 1.83 bits per heavy atom. The lowest BCUT2D eigenvalue weighted by molar-refractivity contribution is 0.262. The van der Waals surface area contributed by atoms with Crippen molar-refractivity contribution in [2.75, 3.05) is 13.1 Å². The van der Waals surface area contributed by atoms with Crippen LogP contribution in [0.25, 0.3) is 0 Å². The highest BCUT2D eigenvalue weighted by Crippen LogP contribution is 2.25. The first kappa shape index (κ1) is 12.0. The molecule has 0 spiro atoms. The minimum absolute atomic E-state index is 0.464. The van der Waals surface area contributed by atoms with Crippen molar-refractivity contribution >= 4 is 0 Å². The van der Waals surface area contributed by atoms with Gasteiger partial charge in [-0.1, -0.05) is 41.0 Å². The van der Waals surface area contributed by atoms with Crippen LogP contribution in [0.4, 0.5) is 0 Å². The minimum atomic E-state index is 0.464. The summed E-state index contributed by atoms with van der Waals surface area (Å²) in [5, 5.41) is 3.42. The van der Waals surface area contributed by atoms with Gasteiger partial charge in [0.25, 0.3) is 0 Å². The maximum Gasteiger partial charge on any atom is 0.000250 e. The van der Waals surface area contributed by atoms with Crippen LogP contribution in [0.1, 0.15) is 47.5 Å². The summed E-state index contributed by atoms with van der Waals surface area (Å²) in [7, 11) is 0. The molecule has 1 unspecified atom stereocenters. The molecule has 0 rings (SSSR count). The highest BCUT2D eigenvalue weighted by molar-refractivity contribution is 4.73. The molecule has 0 saturated carbocycles. The topological polar surface area (TPSA) is 12.0 Å². The van der Waals surface area contributed by atoms with Crippen molar-refractivity contribution in [2.45, 2.75) is 47.5 Å². The summed E-state index contributed by atoms with van der Waals surface area (Å²) in [6.45, 7) is 13.7. The van der Waals surface area contributed by atoms with Gasteiger partial charge in [-0.2, -0.15) is 0 Å². The fourth-order valence-electron chi connectivity index (χ4n) is 1.62. The number of hydrogen-bond acceptors (Lipinski definition) is 1. The van der Waals surface area contributed by atoms with Crippen LogP contribution in [0.2, 0.25) is 0 Å². The van der Waals surface area contributed by atoms with Crippen LogP contribution < -0.4 is 5.32 Å². The molecule has 1 heteroatoms. The van der Waals surface area contributed by atoms with Gasteiger partial charge >= 0.3 is 0 Å². The molecule has 0 aromatic heterocycles. The molecule has 0 heterocycles. The van der Waals surface area contributed by atoms with Crippen molar-refractivity contribution in [2.24, 2.45) is 11.3 Å². The van der Waals surface area contributed by atoms with Crippen LogP contribution in [0.15, 0.2) is 0 Å². The average Bonchev–Trinajstić information content (AvgIpc) is 2.00. The van der Waals surface area contributed by atoms with E-state index in [-0.39, 0.29) is 0 Å². The Morgan fingerprint density at radius 1 is 1.25 bits per heavy atom. The molecule has 0 aliphatic carbocycles. The van der Waals surface area contributed by atoms with Gasteiger partial charge in [-0.25, -0.2) is 0 Å². The van der Waals surface area contributed by atoms with Gasteiger partial charge in [-0.3, -0.25) is 0 Å². The lowest BCUT2D eigenvalue weighted by Gasteiger charge is -2.27. The van der Waals surface area contributed by atoms with E-state index in [4.69, 9.17) is 0 Å². The molecule has 0 aromatic rings. The Bertz CT molecular complexity index is 108. The standard InChI is InChI=1S/C11H25N/c1-6-10(3)8-11(4,5)9-12-7-2/h10,12H,6-9H2,1-5H3. The summed E-state index contributed by atoms with van der Waals surface area (Å²) >= 11 is 0. The molecule has 0 amide bonds. The number of hydrogen-bond donors (Lipinski definition) is 1. The monoisotopic (exact) mass is 171 g/mol. The van der Waals surface area contributed by atoms with Gasteiger partial charge < -0.3 is 5.32 Å². The Kier molecular flexibility index (Phi) is 5.56. The van der Waals surface area contributed by atoms with Gasteiger partial charge in [-0.15, -0.1) is 0 Å². The molecule has 12 heavy (non-hydrogen) atoms. The highest BCUT2D eigenvalue weighted by atomic mass is 14.9. The zero-order valence-corrected chi connectivity index (χ0v) is 9.41. The van der Waals surface area contributed by atoms with E-state index in [0.29, 0.717) is 5.41 Å². The lowest BCUT2D eigenvalue weighted by atomic mass is 9.82. The predicted octanol–water partition coefficient (Wildman–Crippen LogP) is 3.06. The fraction of sp³-hybridized carbons (Fsp3) is 1.00. The average molecular weight is 171 g/mol. The Balaban J connectivity index is 3.69. The molecule has 0 radical (unpaired) electrons. The molecule has 1 N–H and O–H groups in total. The van der Waals surface area contributed by atoms with Crippen molar-refractivity contribution in [3.05, 3.63) is 0 Å². The number of rotatable bonds is 6. The van der Waals surface area contributed by atoms with E-state index in [2.05, 4.69) is 39.9 Å². The third-order valence-electron chi connectivity index (χ3n) is 2.45. The first-order chi connectivity index (χ1) is 5.52. The summed E-state index contributed by atoms with van der Waals surface area (Å²) in [6.07, 6.45) is 2.63. The molecule has 74 valence electrons. The van der Waals surface area contributed by atoms with Gasteiger partial charge in [0.05, 0.1) is 0 Å². The van der Waals surface area contributed by atoms with Crippen LogP contribution in [0.5, 0.6) is 0 Å². The van der Waals surface area contributed by atoms with Crippen LogP contribution in [0, 0.1) is 11.3 Å². The molecule has 0 aliphatic rings. The third-order valence-corrected chi connectivity index (χ3v) is 2.45. The van der Waals surface area contributed by atoms with Crippen LogP contribution in [-0.2, 0) is 0 Å². The summed E-state index contributed by atoms with van der Waals surface area (Å²) in [4.78, 5) is 0. The number of nitrogens with one attached hydrogen (secondary N) is 1. The van der Waals surface area contributed by atoms with Crippen molar-refractivity contribution in [1.29, 1.82) is 0 Å². The van der Waals surface area contributed by atoms with Crippen molar-refractivity contribution in [3.63, 3.8) is 0 Å². The van der Waals surface area contributed by atoms with E-state index in [9.17, 15) is 0 Å². The second-order valence-corrected chi connectivity index (χ2v) is 4.66. The minimum Gasteiger partial charge on any atom is -0.316 e. The predicted molar refractivity (Wildman–Crippen MR) is 56.4 cm³/mol. The first-order valence-corrected chi connectivity index (χ1v) is 5.22. The van der Waals surface area contributed by atoms with Gasteiger partial charge in [0.1, 0.15) is 0 Å². The van der Waals surface area contributed by atoms with Gasteiger partial charge in [0, 0.05) is 6.54 Å². The maximum absolute atomic E-state index is 3.42. The smallest absolute Gasteiger partial charge is 0.000250 e. The lowest BCUT2D eigenvalue weighted by Crippen LogP contribution is -2.30. The highest BCUT2D eigenvalue weighted by Gasteiger charge is 2.19. The first-order valence-electron chi connectivity index (χ1n) is 5.22. The maximum atomic E-state index is 3.42. The molecule has 0 bridgehead atoms. The molecule has 0 aliphatic heterocycles. The SMILES string of the molecule is CCNCC(C)(C)CC(C)CC. The van der Waals surface area contributed by atoms with E-state index in [0.717, 1.165) is 19.0 Å². The quantitative estimate of drug-likeness (QED) is 0.647. The normalized spacial score (nSPS) is 14.8. The second-order valence-electron chi connectivity index (χ2n) is 4.66. The molecule has 1 nitrogen and oxygen atoms in total. The third kappa shape index (κ3) is 5.59. The van der Waals surface area contributed by atoms with Crippen molar-refractivity contribution < 1.29 is 0 Å². The van der Waals surface area contributed by atoms with Gasteiger partial charge in [0.2, 0.25) is 0 Å². The van der Waals surface area contributed by atoms with E-state index >= 15 is 0 Å². The molecule has 0 fully saturated rings. The summed E-state index contributed by atoms with van der Waals surface area (Å²) < 4.78 is 0. The zero-order valence-electron chi connectivity index (χ0n) is 9.41. The van der Waals surface area contributed by atoms with E-state index in [1.54, 1.807) is 0 Å². The molecule has 0 aromatic carbocycles. The Morgan fingerprint density at radius 3 is 2.25 bits per heavy atom. The van der Waals surface area contributed by atoms with E-state index < -0.39 is 0 Å². The largest absolute Gasteiger partial charge is 0.316 e. The van der Waals surface area contributed by atoms with Crippen molar-refractivity contribution in [3.8, 4) is 0 Å². The zero-order chi connectivity index (χ0) is 9.61. The second kappa shape index (κ2) is 5.58. The van der Waals surface area contributed by atoms with Gasteiger partial charge in [-0.05, 0) is 24.3 Å². The summed E-state index contributed by atoms with van der Waals surface area (Å²) in [5.41, 5.74) is 0.464. The van der Waals surface area contributed by atoms with Gasteiger partial charge in [0.15, 0.2) is 0 Å². The summed E-state index contributed by atoms with van der Waals surface area (Å²) in [5.74, 6) is 0.860. The van der Waals surface area contributed by atoms with Crippen LogP contribution in [0.3, 0.4) is 0 Å². The van der Waals surface area contributed by atoms with Crippen LogP contribution in [-0.4, -0.2) is 13.1 Å². The molecule has 0 saturated heterocycles. The molecular weight excluding hydrogens is 146 g/mol. The molecule has 1 atom stereocenters. The Labute approximate surface area is 77.9 Å².